The summed E-state index contributed by atoms with van der Waals surface area (Å²) in [5.41, 5.74) is -3.67. The molecule has 0 bridgehead atoms. The molecule has 23 nitrogen and oxygen atoms in total. The lowest BCUT2D eigenvalue weighted by Gasteiger charge is -2.48. The topological polar surface area (TPSA) is 274 Å². The number of rotatable bonds is 17. The van der Waals surface area contributed by atoms with Crippen molar-refractivity contribution in [3.8, 4) is 0 Å². The number of amides is 9. The van der Waals surface area contributed by atoms with E-state index in [1.165, 1.54) is 38.7 Å². The maximum absolute atomic E-state index is 14.0. The number of imide groups is 2. The number of carbonyl (C=O) groups excluding carboxylic acids is 11. The predicted molar refractivity (Wildman–Crippen MR) is 359 cm³/mol. The molecule has 3 fully saturated rings. The number of hydrogen-bond donors (Lipinski definition) is 2. The van der Waals surface area contributed by atoms with Gasteiger partial charge in [0.2, 0.25) is 0 Å². The second-order valence-electron chi connectivity index (χ2n) is 27.7. The molecule has 0 saturated carbocycles. The Kier molecular flexibility index (Phi) is 27.4. The van der Waals surface area contributed by atoms with Crippen LogP contribution in [0.2, 0.25) is 0 Å². The van der Waals surface area contributed by atoms with Crippen LogP contribution in [0, 0.1) is 13.8 Å². The van der Waals surface area contributed by atoms with Gasteiger partial charge in [0, 0.05) is 56.7 Å². The minimum Gasteiger partial charge on any atom is -0.445 e. The molecule has 23 heteroatoms. The van der Waals surface area contributed by atoms with E-state index in [1.54, 1.807) is 138 Å². The second kappa shape index (κ2) is 33.3. The first-order chi connectivity index (χ1) is 44.2. The van der Waals surface area contributed by atoms with Crippen LogP contribution in [0.4, 0.5) is 24.0 Å². The minimum absolute atomic E-state index is 0.0207. The summed E-state index contributed by atoms with van der Waals surface area (Å²) < 4.78 is 27.1. The van der Waals surface area contributed by atoms with Crippen molar-refractivity contribution in [3.05, 3.63) is 145 Å². The number of piperazine rings is 2. The van der Waals surface area contributed by atoms with Gasteiger partial charge in [-0.15, -0.1) is 19.7 Å². The van der Waals surface area contributed by atoms with Gasteiger partial charge in [-0.1, -0.05) is 84.0 Å². The van der Waals surface area contributed by atoms with Crippen LogP contribution in [0.15, 0.2) is 117 Å². The number of alkyl carbamates (subject to hydrolysis) is 2. The lowest BCUT2D eigenvalue weighted by Crippen LogP contribution is -2.71. The number of nitrogens with zero attached hydrogens (tertiary/aromatic N) is 5. The summed E-state index contributed by atoms with van der Waals surface area (Å²) in [4.78, 5) is 149. The summed E-state index contributed by atoms with van der Waals surface area (Å²) in [6.07, 6.45) is 2.63. The van der Waals surface area contributed by atoms with Gasteiger partial charge in [0.15, 0.2) is 5.78 Å². The zero-order valence-electron chi connectivity index (χ0n) is 58.2. The molecule has 3 atom stereocenters. The molecule has 0 radical (unpaired) electrons. The van der Waals surface area contributed by atoms with Gasteiger partial charge in [0.25, 0.3) is 23.6 Å². The normalized spacial score (nSPS) is 19.1. The fourth-order valence-corrected chi connectivity index (χ4v) is 10.7. The molecular weight excluding hydrogens is 1220 g/mol. The highest BCUT2D eigenvalue weighted by atomic mass is 16.6. The lowest BCUT2D eigenvalue weighted by molar-refractivity contribution is -0.148. The molecule has 3 aromatic carbocycles. The third kappa shape index (κ3) is 22.2. The van der Waals surface area contributed by atoms with Crippen LogP contribution in [0.25, 0.3) is 0 Å². The first-order valence-corrected chi connectivity index (χ1v) is 31.8. The Bertz CT molecular complexity index is 3270. The van der Waals surface area contributed by atoms with E-state index in [0.29, 0.717) is 30.5 Å². The molecule has 2 N–H and O–H groups in total. The Morgan fingerprint density at radius 1 is 0.495 bits per heavy atom. The van der Waals surface area contributed by atoms with Crippen molar-refractivity contribution in [2.75, 3.05) is 45.8 Å². The van der Waals surface area contributed by atoms with E-state index in [0.717, 1.165) is 21.6 Å². The summed E-state index contributed by atoms with van der Waals surface area (Å²) in [7, 11) is 0. The molecule has 3 aliphatic rings. The number of Topliss-reactive ketones (excluding diaryl/α,β-unsaturated/α-hetero) is 2. The maximum Gasteiger partial charge on any atom is 0.411 e. The number of ether oxygens (including phenoxy) is 5. The summed E-state index contributed by atoms with van der Waals surface area (Å²) in [5, 5.41) is 5.25. The number of likely N-dealkylation sites (tertiary alicyclic amines) is 1. The molecule has 0 aromatic heterocycles. The molecule has 0 unspecified atom stereocenters. The van der Waals surface area contributed by atoms with Crippen LogP contribution in [-0.4, -0.2) is 175 Å². The van der Waals surface area contributed by atoms with Gasteiger partial charge in [0.05, 0.1) is 13.1 Å². The largest absolute Gasteiger partial charge is 0.445 e. The van der Waals surface area contributed by atoms with Gasteiger partial charge in [-0.25, -0.2) is 24.0 Å². The third-order valence-electron chi connectivity index (χ3n) is 15.2. The summed E-state index contributed by atoms with van der Waals surface area (Å²) >= 11 is 0. The third-order valence-corrected chi connectivity index (χ3v) is 15.2. The number of carbonyl (C=O) groups is 11. The molecule has 3 aliphatic heterocycles. The van der Waals surface area contributed by atoms with Crippen LogP contribution >= 0.6 is 0 Å². The van der Waals surface area contributed by atoms with Crippen LogP contribution in [0.1, 0.15) is 172 Å². The minimum atomic E-state index is -1.64. The van der Waals surface area contributed by atoms with Crippen molar-refractivity contribution in [2.24, 2.45) is 0 Å². The van der Waals surface area contributed by atoms with Gasteiger partial charge in [-0.2, -0.15) is 0 Å². The lowest BCUT2D eigenvalue weighted by atomic mass is 9.82. The van der Waals surface area contributed by atoms with Crippen molar-refractivity contribution >= 4 is 65.7 Å². The monoisotopic (exact) mass is 1320 g/mol. The number of aryl methyl sites for hydroxylation is 2. The van der Waals surface area contributed by atoms with Crippen molar-refractivity contribution in [3.63, 3.8) is 0 Å². The fourth-order valence-electron chi connectivity index (χ4n) is 10.7. The van der Waals surface area contributed by atoms with Gasteiger partial charge in [-0.3, -0.25) is 48.5 Å². The average Bonchev–Trinajstić information content (AvgIpc) is 0.766. The maximum atomic E-state index is 14.0. The molecule has 9 amide bonds. The molecule has 95 heavy (non-hydrogen) atoms. The standard InChI is InChI=1S/C29H35N3O6.C24H32N2O5.C19H32N2O5/c1-6-16-29(20-30-26(35)37-19-22-10-8-7-9-11-22)25(34)31(24(33)23-14-12-21(2)13-15-23)17-18-32(29)27(36)38-28(3,4)5;1-7-13-24(14-12-18(3)27)21(29)25(20(28)19-10-8-17(2)9-11-19)15-16-26(24)22(30)31-23(4,5)6;1-8-11-19(13-20-15(23)25-17(2,3)4)14(22)10-9-12-21(19)16(24)26-18(5,6)7/h6-15H,1,16-20H2,2-5H3,(H,30,35);7-11H,1,12-16H2,2-6H3;8H,1,9-13H2,2-7H3,(H,20,23)/t29-;24-;19-/m111/s1. The summed E-state index contributed by atoms with van der Waals surface area (Å²) in [5.74, 6) is -2.29. The number of piperidine rings is 1. The van der Waals surface area contributed by atoms with E-state index < -0.39 is 93.1 Å². The highest BCUT2D eigenvalue weighted by Crippen LogP contribution is 2.36. The summed E-state index contributed by atoms with van der Waals surface area (Å²) in [6, 6.07) is 23.0. The van der Waals surface area contributed by atoms with E-state index in [-0.39, 0.29) is 89.5 Å². The molecule has 0 spiro atoms. The Hall–Kier alpha value is -9.15. The highest BCUT2D eigenvalue weighted by Gasteiger charge is 2.55. The Balaban J connectivity index is 0.000000309. The van der Waals surface area contributed by atoms with E-state index in [9.17, 15) is 52.7 Å². The van der Waals surface area contributed by atoms with Crippen LogP contribution in [0.5, 0.6) is 0 Å². The predicted octanol–water partition coefficient (Wildman–Crippen LogP) is 11.8. The molecule has 0 aliphatic carbocycles. The summed E-state index contributed by atoms with van der Waals surface area (Å²) in [6.45, 7) is 37.7. The van der Waals surface area contributed by atoms with Gasteiger partial charge in [-0.05, 0) is 166 Å². The van der Waals surface area contributed by atoms with Crippen molar-refractivity contribution in [2.45, 2.75) is 194 Å². The number of hydrogen-bond acceptors (Lipinski definition) is 16. The molecule has 6 rings (SSSR count). The smallest absolute Gasteiger partial charge is 0.411 e. The number of ketones is 2. The van der Waals surface area contributed by atoms with Gasteiger partial charge < -0.3 is 39.1 Å². The number of benzene rings is 3. The molecule has 518 valence electrons. The van der Waals surface area contributed by atoms with Gasteiger partial charge >= 0.3 is 30.5 Å². The van der Waals surface area contributed by atoms with Crippen molar-refractivity contribution < 1.29 is 76.4 Å². The van der Waals surface area contributed by atoms with Crippen molar-refractivity contribution in [1.82, 2.24) is 35.1 Å². The molecule has 3 aromatic rings. The van der Waals surface area contributed by atoms with Crippen molar-refractivity contribution in [1.29, 1.82) is 0 Å². The Labute approximate surface area is 559 Å². The second-order valence-corrected chi connectivity index (χ2v) is 27.7. The first kappa shape index (κ1) is 78.3. The van der Waals surface area contributed by atoms with Gasteiger partial charge in [0.1, 0.15) is 51.4 Å². The van der Waals surface area contributed by atoms with Crippen LogP contribution in [0.3, 0.4) is 0 Å². The highest BCUT2D eigenvalue weighted by molar-refractivity contribution is 6.10. The Morgan fingerprint density at radius 3 is 1.29 bits per heavy atom. The van der Waals surface area contributed by atoms with E-state index in [2.05, 4.69) is 30.4 Å². The average molecular weight is 1320 g/mol. The zero-order chi connectivity index (χ0) is 71.5. The SMILES string of the molecule is C=CC[C@@]1(CCC(C)=O)C(=O)N(C(=O)c2ccc(C)cc2)CCN1C(=O)OC(C)(C)C.C=CC[C@@]1(CNC(=O)OC(C)(C)C)C(=O)CCCN1C(=O)OC(C)(C)C.C=CC[C@@]1(CNC(=O)OCc2ccccc2)C(=O)N(C(=O)c2ccc(C)cc2)CCN1C(=O)OC(C)(C)C. The fraction of sp³-hybridized carbons (Fsp3) is 0.514. The molecule has 3 saturated heterocycles. The molecular formula is C72H99N7O16. The van der Waals surface area contributed by atoms with Crippen LogP contribution < -0.4 is 10.6 Å². The van der Waals surface area contributed by atoms with E-state index in [1.807, 2.05) is 44.2 Å². The molecule has 3 heterocycles. The quantitative estimate of drug-likeness (QED) is 0.0722. The van der Waals surface area contributed by atoms with E-state index in [4.69, 9.17) is 23.7 Å². The van der Waals surface area contributed by atoms with Crippen LogP contribution in [-0.2, 0) is 49.5 Å². The first-order valence-electron chi connectivity index (χ1n) is 31.8. The zero-order valence-corrected chi connectivity index (χ0v) is 58.2. The number of nitrogens with one attached hydrogen (secondary N) is 2. The Morgan fingerprint density at radius 2 is 0.874 bits per heavy atom. The van der Waals surface area contributed by atoms with E-state index >= 15 is 0 Å².